The second-order valence-corrected chi connectivity index (χ2v) is 4.22. The van der Waals surface area contributed by atoms with E-state index in [0.29, 0.717) is 6.04 Å². The van der Waals surface area contributed by atoms with E-state index < -0.39 is 0 Å². The fourth-order valence-corrected chi connectivity index (χ4v) is 2.21. The lowest BCUT2D eigenvalue weighted by Gasteiger charge is -2.23. The zero-order chi connectivity index (χ0) is 9.42. The summed E-state index contributed by atoms with van der Waals surface area (Å²) in [5.74, 6) is 0. The van der Waals surface area contributed by atoms with Gasteiger partial charge in [-0.15, -0.1) is 0 Å². The maximum absolute atomic E-state index is 6.05. The number of rotatable bonds is 0. The second-order valence-electron chi connectivity index (χ2n) is 3.81. The molecule has 1 aliphatic rings. The van der Waals surface area contributed by atoms with Gasteiger partial charge in [-0.25, -0.2) is 0 Å². The largest absolute Gasteiger partial charge is 0.327 e. The van der Waals surface area contributed by atoms with Gasteiger partial charge >= 0.3 is 0 Å². The Bertz CT molecular complexity index is 333. The minimum Gasteiger partial charge on any atom is -0.327 e. The third-order valence-corrected chi connectivity index (χ3v) is 3.29. The highest BCUT2D eigenvalue weighted by Gasteiger charge is 2.17. The molecule has 0 bridgehead atoms. The van der Waals surface area contributed by atoms with Gasteiger partial charge in [-0.1, -0.05) is 17.7 Å². The number of benzene rings is 1. The molecule has 1 nitrogen and oxygen atoms in total. The summed E-state index contributed by atoms with van der Waals surface area (Å²) in [4.78, 5) is 0. The molecular weight excluding hydrogens is 182 g/mol. The number of hydrogen-bond donors (Lipinski definition) is 1. The molecule has 1 atom stereocenters. The van der Waals surface area contributed by atoms with Gasteiger partial charge in [0.1, 0.15) is 0 Å². The van der Waals surface area contributed by atoms with Gasteiger partial charge in [0.25, 0.3) is 0 Å². The Morgan fingerprint density at radius 2 is 2.23 bits per heavy atom. The van der Waals surface area contributed by atoms with Crippen molar-refractivity contribution in [2.45, 2.75) is 32.2 Å². The molecule has 13 heavy (non-hydrogen) atoms. The van der Waals surface area contributed by atoms with Crippen molar-refractivity contribution >= 4 is 11.6 Å². The predicted molar refractivity (Wildman–Crippen MR) is 56.2 cm³/mol. The fourth-order valence-electron chi connectivity index (χ4n) is 2.04. The number of nitrogens with two attached hydrogens (primary N) is 1. The standard InChI is InChI=1S/C11H14ClN/c1-7-10-4-3-9(13)6-8(10)2-5-11(7)12/h2,5,9H,3-4,6,13H2,1H3/t9-/m0/s1. The predicted octanol–water partition coefficient (Wildman–Crippen LogP) is 2.46. The molecule has 0 heterocycles. The summed E-state index contributed by atoms with van der Waals surface area (Å²) in [6.45, 7) is 2.10. The molecule has 1 aliphatic carbocycles. The van der Waals surface area contributed by atoms with Crippen molar-refractivity contribution in [2.24, 2.45) is 5.73 Å². The third-order valence-electron chi connectivity index (χ3n) is 2.88. The molecule has 0 aliphatic heterocycles. The first kappa shape index (κ1) is 9.04. The van der Waals surface area contributed by atoms with Crippen LogP contribution in [0.4, 0.5) is 0 Å². The van der Waals surface area contributed by atoms with Gasteiger partial charge in [0.05, 0.1) is 0 Å². The zero-order valence-corrected chi connectivity index (χ0v) is 8.56. The smallest absolute Gasteiger partial charge is 0.0438 e. The molecule has 2 heteroatoms. The Morgan fingerprint density at radius 3 is 3.00 bits per heavy atom. The van der Waals surface area contributed by atoms with Crippen LogP contribution in [0.5, 0.6) is 0 Å². The van der Waals surface area contributed by atoms with E-state index in [1.807, 2.05) is 6.07 Å². The van der Waals surface area contributed by atoms with E-state index in [4.69, 9.17) is 17.3 Å². The van der Waals surface area contributed by atoms with Crippen LogP contribution in [0.2, 0.25) is 5.02 Å². The Kier molecular flexibility index (Phi) is 2.31. The van der Waals surface area contributed by atoms with Crippen molar-refractivity contribution in [3.05, 3.63) is 33.8 Å². The molecule has 1 aromatic rings. The molecule has 0 unspecified atom stereocenters. The SMILES string of the molecule is Cc1c(Cl)ccc2c1CC[C@H](N)C2. The molecule has 0 saturated heterocycles. The molecule has 0 fully saturated rings. The lowest BCUT2D eigenvalue weighted by atomic mass is 9.86. The first-order chi connectivity index (χ1) is 6.18. The van der Waals surface area contributed by atoms with Gasteiger partial charge in [0.2, 0.25) is 0 Å². The van der Waals surface area contributed by atoms with Gasteiger partial charge in [0.15, 0.2) is 0 Å². The van der Waals surface area contributed by atoms with Crippen LogP contribution in [0.25, 0.3) is 0 Å². The summed E-state index contributed by atoms with van der Waals surface area (Å²) >= 11 is 6.05. The summed E-state index contributed by atoms with van der Waals surface area (Å²) in [5.41, 5.74) is 9.96. The molecule has 0 spiro atoms. The van der Waals surface area contributed by atoms with E-state index in [1.165, 1.54) is 16.7 Å². The van der Waals surface area contributed by atoms with Crippen LogP contribution in [0, 0.1) is 6.92 Å². The number of hydrogen-bond acceptors (Lipinski definition) is 1. The van der Waals surface area contributed by atoms with Crippen molar-refractivity contribution < 1.29 is 0 Å². The molecule has 2 N–H and O–H groups in total. The average molecular weight is 196 g/mol. The molecule has 70 valence electrons. The van der Waals surface area contributed by atoms with Gasteiger partial charge in [-0.2, -0.15) is 0 Å². The van der Waals surface area contributed by atoms with Gasteiger partial charge in [-0.3, -0.25) is 0 Å². The number of fused-ring (bicyclic) bond motifs is 1. The molecule has 0 saturated carbocycles. The van der Waals surface area contributed by atoms with Gasteiger partial charge in [-0.05, 0) is 48.9 Å². The van der Waals surface area contributed by atoms with E-state index in [-0.39, 0.29) is 0 Å². The average Bonchev–Trinajstić information content (AvgIpc) is 2.12. The van der Waals surface area contributed by atoms with Crippen LogP contribution in [0.3, 0.4) is 0 Å². The summed E-state index contributed by atoms with van der Waals surface area (Å²) in [6, 6.07) is 4.44. The molecule has 0 aromatic heterocycles. The summed E-state index contributed by atoms with van der Waals surface area (Å²) < 4.78 is 0. The van der Waals surface area contributed by atoms with Crippen LogP contribution in [0.1, 0.15) is 23.1 Å². The van der Waals surface area contributed by atoms with Crippen LogP contribution in [-0.4, -0.2) is 6.04 Å². The fraction of sp³-hybridized carbons (Fsp3) is 0.455. The van der Waals surface area contributed by atoms with Crippen LogP contribution < -0.4 is 5.73 Å². The topological polar surface area (TPSA) is 26.0 Å². The highest BCUT2D eigenvalue weighted by Crippen LogP contribution is 2.28. The minimum atomic E-state index is 0.341. The van der Waals surface area contributed by atoms with Crippen LogP contribution in [-0.2, 0) is 12.8 Å². The highest BCUT2D eigenvalue weighted by molar-refractivity contribution is 6.31. The normalized spacial score (nSPS) is 21.3. The van der Waals surface area contributed by atoms with Crippen molar-refractivity contribution in [3.8, 4) is 0 Å². The minimum absolute atomic E-state index is 0.341. The van der Waals surface area contributed by atoms with Crippen LogP contribution >= 0.6 is 11.6 Å². The molecule has 1 aromatic carbocycles. The molecule has 2 rings (SSSR count). The maximum Gasteiger partial charge on any atom is 0.0438 e. The lowest BCUT2D eigenvalue weighted by Crippen LogP contribution is -2.28. The van der Waals surface area contributed by atoms with Gasteiger partial charge in [0, 0.05) is 11.1 Å². The first-order valence-corrected chi connectivity index (χ1v) is 5.08. The molecule has 0 radical (unpaired) electrons. The second kappa shape index (κ2) is 3.32. The van der Waals surface area contributed by atoms with E-state index >= 15 is 0 Å². The lowest BCUT2D eigenvalue weighted by molar-refractivity contribution is 0.575. The Labute approximate surface area is 83.9 Å². The molecule has 0 amide bonds. The monoisotopic (exact) mass is 195 g/mol. The summed E-state index contributed by atoms with van der Waals surface area (Å²) in [6.07, 6.45) is 3.18. The Hall–Kier alpha value is -0.530. The van der Waals surface area contributed by atoms with Crippen LogP contribution in [0.15, 0.2) is 12.1 Å². The zero-order valence-electron chi connectivity index (χ0n) is 7.81. The quantitative estimate of drug-likeness (QED) is 0.676. The summed E-state index contributed by atoms with van der Waals surface area (Å²) in [5, 5.41) is 0.884. The third kappa shape index (κ3) is 1.59. The van der Waals surface area contributed by atoms with Gasteiger partial charge < -0.3 is 5.73 Å². The van der Waals surface area contributed by atoms with Crippen molar-refractivity contribution in [2.75, 3.05) is 0 Å². The van der Waals surface area contributed by atoms with Crippen molar-refractivity contribution in [3.63, 3.8) is 0 Å². The van der Waals surface area contributed by atoms with E-state index in [2.05, 4.69) is 13.0 Å². The van der Waals surface area contributed by atoms with Crippen molar-refractivity contribution in [1.29, 1.82) is 0 Å². The van der Waals surface area contributed by atoms with E-state index in [1.54, 1.807) is 0 Å². The van der Waals surface area contributed by atoms with Crippen molar-refractivity contribution in [1.82, 2.24) is 0 Å². The maximum atomic E-state index is 6.05. The Morgan fingerprint density at radius 1 is 1.46 bits per heavy atom. The van der Waals surface area contributed by atoms with E-state index in [0.717, 1.165) is 24.3 Å². The Balaban J connectivity index is 2.47. The number of halogens is 1. The molecular formula is C11H14ClN. The summed E-state index contributed by atoms with van der Waals surface area (Å²) in [7, 11) is 0. The highest BCUT2D eigenvalue weighted by atomic mass is 35.5. The first-order valence-electron chi connectivity index (χ1n) is 4.71. The van der Waals surface area contributed by atoms with E-state index in [9.17, 15) is 0 Å².